The van der Waals surface area contributed by atoms with Gasteiger partial charge in [0.25, 0.3) is 11.1 Å². The van der Waals surface area contributed by atoms with Crippen molar-refractivity contribution in [3.8, 4) is 5.75 Å². The van der Waals surface area contributed by atoms with Crippen molar-refractivity contribution in [2.24, 2.45) is 0 Å². The SMILES string of the molecule is CC(=O)Nc1ccc(/C=C2\SC(=O)N(CCOc3ccc(C)cc3)C2=O)cc1. The van der Waals surface area contributed by atoms with Crippen molar-refractivity contribution in [3.63, 3.8) is 0 Å². The molecule has 28 heavy (non-hydrogen) atoms. The molecule has 2 aromatic carbocycles. The van der Waals surface area contributed by atoms with Crippen LogP contribution in [0.2, 0.25) is 0 Å². The van der Waals surface area contributed by atoms with Gasteiger partial charge in [-0.3, -0.25) is 19.3 Å². The Morgan fingerprint density at radius 2 is 1.79 bits per heavy atom. The van der Waals surface area contributed by atoms with E-state index in [9.17, 15) is 14.4 Å². The largest absolute Gasteiger partial charge is 0.492 e. The van der Waals surface area contributed by atoms with Crippen molar-refractivity contribution in [2.45, 2.75) is 13.8 Å². The van der Waals surface area contributed by atoms with Crippen LogP contribution in [-0.2, 0) is 9.59 Å². The second-order valence-electron chi connectivity index (χ2n) is 6.30. The van der Waals surface area contributed by atoms with Crippen molar-refractivity contribution < 1.29 is 19.1 Å². The average molecular weight is 396 g/mol. The number of carbonyl (C=O) groups is 3. The highest BCUT2D eigenvalue weighted by molar-refractivity contribution is 8.18. The van der Waals surface area contributed by atoms with Crippen LogP contribution < -0.4 is 10.1 Å². The van der Waals surface area contributed by atoms with E-state index in [1.165, 1.54) is 11.8 Å². The Kier molecular flexibility index (Phi) is 6.16. The minimum absolute atomic E-state index is 0.151. The first kappa shape index (κ1) is 19.7. The number of amides is 3. The fourth-order valence-electron chi connectivity index (χ4n) is 2.60. The fourth-order valence-corrected chi connectivity index (χ4v) is 3.46. The molecule has 0 bridgehead atoms. The summed E-state index contributed by atoms with van der Waals surface area (Å²) < 4.78 is 5.61. The minimum Gasteiger partial charge on any atom is -0.492 e. The lowest BCUT2D eigenvalue weighted by Crippen LogP contribution is -2.32. The fraction of sp³-hybridized carbons (Fsp3) is 0.190. The van der Waals surface area contributed by atoms with Gasteiger partial charge in [0.15, 0.2) is 0 Å². The summed E-state index contributed by atoms with van der Waals surface area (Å²) in [6.45, 7) is 3.85. The summed E-state index contributed by atoms with van der Waals surface area (Å²) in [5.74, 6) is 0.225. The lowest BCUT2D eigenvalue weighted by atomic mass is 10.2. The van der Waals surface area contributed by atoms with Crippen molar-refractivity contribution in [2.75, 3.05) is 18.5 Å². The van der Waals surface area contributed by atoms with E-state index >= 15 is 0 Å². The first-order valence-corrected chi connectivity index (χ1v) is 9.56. The van der Waals surface area contributed by atoms with Crippen LogP contribution in [0.5, 0.6) is 5.75 Å². The van der Waals surface area contributed by atoms with Crippen molar-refractivity contribution >= 4 is 40.6 Å². The molecule has 0 unspecified atom stereocenters. The number of hydrogen-bond donors (Lipinski definition) is 1. The zero-order valence-corrected chi connectivity index (χ0v) is 16.4. The molecule has 0 saturated carbocycles. The molecule has 1 N–H and O–H groups in total. The van der Waals surface area contributed by atoms with Gasteiger partial charge in [-0.25, -0.2) is 0 Å². The zero-order chi connectivity index (χ0) is 20.1. The summed E-state index contributed by atoms with van der Waals surface area (Å²) in [6, 6.07) is 14.6. The molecule has 0 spiro atoms. The van der Waals surface area contributed by atoms with E-state index in [-0.39, 0.29) is 30.2 Å². The summed E-state index contributed by atoms with van der Waals surface area (Å²) in [6.07, 6.45) is 1.67. The van der Waals surface area contributed by atoms with Crippen molar-refractivity contribution in [1.82, 2.24) is 4.90 Å². The van der Waals surface area contributed by atoms with Gasteiger partial charge in [0, 0.05) is 12.6 Å². The molecule has 7 heteroatoms. The van der Waals surface area contributed by atoms with E-state index in [0.29, 0.717) is 16.3 Å². The highest BCUT2D eigenvalue weighted by Gasteiger charge is 2.34. The van der Waals surface area contributed by atoms with Crippen LogP contribution in [-0.4, -0.2) is 35.1 Å². The molecule has 2 aromatic rings. The minimum atomic E-state index is -0.326. The number of carbonyl (C=O) groups excluding carboxylic acids is 3. The number of rotatable bonds is 6. The van der Waals surface area contributed by atoms with Gasteiger partial charge < -0.3 is 10.1 Å². The molecule has 1 saturated heterocycles. The highest BCUT2D eigenvalue weighted by atomic mass is 32.2. The van der Waals surface area contributed by atoms with Crippen LogP contribution in [0.3, 0.4) is 0 Å². The molecule has 1 fully saturated rings. The van der Waals surface area contributed by atoms with Crippen LogP contribution in [0.25, 0.3) is 6.08 Å². The number of thioether (sulfide) groups is 1. The molecule has 0 aromatic heterocycles. The number of nitrogens with zero attached hydrogens (tertiary/aromatic N) is 1. The van der Waals surface area contributed by atoms with Gasteiger partial charge in [0.1, 0.15) is 12.4 Å². The molecule has 3 amide bonds. The van der Waals surface area contributed by atoms with Crippen LogP contribution in [0.1, 0.15) is 18.1 Å². The van der Waals surface area contributed by atoms with Gasteiger partial charge in [-0.05, 0) is 54.6 Å². The van der Waals surface area contributed by atoms with Gasteiger partial charge in [0.2, 0.25) is 5.91 Å². The molecule has 1 heterocycles. The molecule has 1 aliphatic rings. The first-order valence-electron chi connectivity index (χ1n) is 8.75. The first-order chi connectivity index (χ1) is 13.4. The van der Waals surface area contributed by atoms with Crippen molar-refractivity contribution in [3.05, 3.63) is 64.6 Å². The van der Waals surface area contributed by atoms with E-state index in [1.807, 2.05) is 31.2 Å². The number of ether oxygens (including phenoxy) is 1. The number of benzene rings is 2. The summed E-state index contributed by atoms with van der Waals surface area (Å²) in [7, 11) is 0. The van der Waals surface area contributed by atoms with Crippen LogP contribution in [0.4, 0.5) is 10.5 Å². The molecule has 0 atom stereocenters. The molecule has 1 aliphatic heterocycles. The lowest BCUT2D eigenvalue weighted by Gasteiger charge is -2.13. The van der Waals surface area contributed by atoms with E-state index < -0.39 is 0 Å². The molecular weight excluding hydrogens is 376 g/mol. The Morgan fingerprint density at radius 3 is 2.43 bits per heavy atom. The summed E-state index contributed by atoms with van der Waals surface area (Å²) in [4.78, 5) is 37.3. The Hall–Kier alpha value is -3.06. The average Bonchev–Trinajstić information content (AvgIpc) is 2.92. The molecule has 6 nitrogen and oxygen atoms in total. The predicted molar refractivity (Wildman–Crippen MR) is 110 cm³/mol. The molecule has 0 aliphatic carbocycles. The standard InChI is InChI=1S/C21H20N2O4S/c1-14-3-9-18(10-4-14)27-12-11-23-20(25)19(28-21(23)26)13-16-5-7-17(8-6-16)22-15(2)24/h3-10,13H,11-12H2,1-2H3,(H,22,24)/b19-13-. The van der Waals surface area contributed by atoms with Gasteiger partial charge in [0.05, 0.1) is 11.4 Å². The van der Waals surface area contributed by atoms with Gasteiger partial charge in [-0.1, -0.05) is 29.8 Å². The maximum atomic E-state index is 12.5. The third kappa shape index (κ3) is 5.01. The molecule has 3 rings (SSSR count). The smallest absolute Gasteiger partial charge is 0.293 e. The van der Waals surface area contributed by atoms with Gasteiger partial charge in [-0.2, -0.15) is 0 Å². The van der Waals surface area contributed by atoms with Gasteiger partial charge >= 0.3 is 0 Å². The summed E-state index contributed by atoms with van der Waals surface area (Å²) >= 11 is 0.913. The van der Waals surface area contributed by atoms with E-state index in [0.717, 1.165) is 22.9 Å². The second kappa shape index (κ2) is 8.75. The number of hydrogen-bond acceptors (Lipinski definition) is 5. The van der Waals surface area contributed by atoms with Gasteiger partial charge in [-0.15, -0.1) is 0 Å². The quantitative estimate of drug-likeness (QED) is 0.745. The molecular formula is C21H20N2O4S. The third-order valence-electron chi connectivity index (χ3n) is 4.01. The Morgan fingerprint density at radius 1 is 1.11 bits per heavy atom. The lowest BCUT2D eigenvalue weighted by molar-refractivity contribution is -0.123. The number of nitrogens with one attached hydrogen (secondary N) is 1. The summed E-state index contributed by atoms with van der Waals surface area (Å²) in [5.41, 5.74) is 2.58. The topological polar surface area (TPSA) is 75.7 Å². The van der Waals surface area contributed by atoms with Crippen LogP contribution in [0, 0.1) is 6.92 Å². The Bertz CT molecular complexity index is 920. The molecule has 0 radical (unpaired) electrons. The number of imide groups is 1. The third-order valence-corrected chi connectivity index (χ3v) is 4.91. The number of aryl methyl sites for hydroxylation is 1. The van der Waals surface area contributed by atoms with Crippen LogP contribution in [0.15, 0.2) is 53.4 Å². The van der Waals surface area contributed by atoms with Crippen molar-refractivity contribution in [1.29, 1.82) is 0 Å². The normalized spacial score (nSPS) is 15.2. The highest BCUT2D eigenvalue weighted by Crippen LogP contribution is 2.32. The van der Waals surface area contributed by atoms with E-state index in [1.54, 1.807) is 30.3 Å². The van der Waals surface area contributed by atoms with Crippen LogP contribution >= 0.6 is 11.8 Å². The Balaban J connectivity index is 1.60. The van der Waals surface area contributed by atoms with E-state index in [2.05, 4.69) is 5.32 Å². The Labute approximate surface area is 167 Å². The predicted octanol–water partition coefficient (Wildman–Crippen LogP) is 4.07. The summed E-state index contributed by atoms with van der Waals surface area (Å²) in [5, 5.41) is 2.37. The maximum absolute atomic E-state index is 12.5. The monoisotopic (exact) mass is 396 g/mol. The zero-order valence-electron chi connectivity index (χ0n) is 15.6. The number of anilines is 1. The maximum Gasteiger partial charge on any atom is 0.293 e. The van der Waals surface area contributed by atoms with E-state index in [4.69, 9.17) is 4.74 Å². The second-order valence-corrected chi connectivity index (χ2v) is 7.29. The molecule has 144 valence electrons.